The van der Waals surface area contributed by atoms with Crippen molar-refractivity contribution < 1.29 is 4.79 Å². The van der Waals surface area contributed by atoms with Crippen LogP contribution in [0.15, 0.2) is 24.3 Å². The van der Waals surface area contributed by atoms with E-state index in [2.05, 4.69) is 10.6 Å². The lowest BCUT2D eigenvalue weighted by atomic mass is 9.88. The lowest BCUT2D eigenvalue weighted by Gasteiger charge is -2.21. The highest BCUT2D eigenvalue weighted by Crippen LogP contribution is 2.25. The predicted molar refractivity (Wildman–Crippen MR) is 74.4 cm³/mol. The van der Waals surface area contributed by atoms with Crippen molar-refractivity contribution >= 4 is 11.6 Å². The minimum absolute atomic E-state index is 0.193. The first-order valence-corrected chi connectivity index (χ1v) is 6.84. The molecule has 0 saturated heterocycles. The number of nitrogens with one attached hydrogen (secondary N) is 2. The molecule has 2 rings (SSSR count). The summed E-state index contributed by atoms with van der Waals surface area (Å²) in [6.07, 6.45) is 5.74. The van der Waals surface area contributed by atoms with Crippen LogP contribution in [0.3, 0.4) is 0 Å². The Labute approximate surface area is 109 Å². The molecule has 0 heterocycles. The quantitative estimate of drug-likeness (QED) is 0.857. The number of carbonyl (C=O) groups excluding carboxylic acids is 1. The summed E-state index contributed by atoms with van der Waals surface area (Å²) in [6, 6.07) is 8.00. The highest BCUT2D eigenvalue weighted by atomic mass is 16.1. The zero-order chi connectivity index (χ0) is 12.8. The number of amides is 1. The fourth-order valence-electron chi connectivity index (χ4n) is 2.59. The third kappa shape index (κ3) is 3.33. The second-order valence-corrected chi connectivity index (χ2v) is 5.01. The number of para-hydroxylation sites is 1. The molecular formula is C15H22N2O. The monoisotopic (exact) mass is 246 g/mol. The Balaban J connectivity index is 2.01. The number of hydrogen-bond acceptors (Lipinski definition) is 2. The Bertz CT molecular complexity index is 397. The lowest BCUT2D eigenvalue weighted by Crippen LogP contribution is -2.25. The molecule has 0 radical (unpaired) electrons. The molecule has 2 N–H and O–H groups in total. The number of carbonyl (C=O) groups is 1. The van der Waals surface area contributed by atoms with E-state index in [0.29, 0.717) is 0 Å². The molecule has 0 spiro atoms. The zero-order valence-corrected chi connectivity index (χ0v) is 11.0. The first-order valence-electron chi connectivity index (χ1n) is 6.84. The van der Waals surface area contributed by atoms with E-state index in [1.54, 1.807) is 0 Å². The van der Waals surface area contributed by atoms with E-state index in [1.165, 1.54) is 19.3 Å². The molecule has 1 saturated carbocycles. The Hall–Kier alpha value is -1.35. The second kappa shape index (κ2) is 6.55. The number of rotatable bonds is 4. The molecule has 18 heavy (non-hydrogen) atoms. The summed E-state index contributed by atoms with van der Waals surface area (Å²) in [6.45, 7) is 0.779. The first kappa shape index (κ1) is 13.1. The van der Waals surface area contributed by atoms with Crippen LogP contribution in [0.25, 0.3) is 0 Å². The third-order valence-electron chi connectivity index (χ3n) is 3.62. The molecule has 1 aliphatic carbocycles. The Kier molecular flexibility index (Phi) is 4.76. The van der Waals surface area contributed by atoms with Crippen LogP contribution < -0.4 is 10.6 Å². The molecule has 3 nitrogen and oxygen atoms in total. The summed E-state index contributed by atoms with van der Waals surface area (Å²) < 4.78 is 0. The van der Waals surface area contributed by atoms with Gasteiger partial charge in [-0.1, -0.05) is 37.5 Å². The average molecular weight is 246 g/mol. The van der Waals surface area contributed by atoms with Gasteiger partial charge in [-0.15, -0.1) is 0 Å². The molecule has 0 atom stereocenters. The third-order valence-corrected chi connectivity index (χ3v) is 3.62. The van der Waals surface area contributed by atoms with E-state index in [9.17, 15) is 4.79 Å². The van der Waals surface area contributed by atoms with Gasteiger partial charge in [-0.25, -0.2) is 0 Å². The molecular weight excluding hydrogens is 224 g/mol. The van der Waals surface area contributed by atoms with E-state index in [0.717, 1.165) is 30.6 Å². The second-order valence-electron chi connectivity index (χ2n) is 5.01. The van der Waals surface area contributed by atoms with Crippen LogP contribution in [0.5, 0.6) is 0 Å². The van der Waals surface area contributed by atoms with Gasteiger partial charge < -0.3 is 10.6 Å². The van der Waals surface area contributed by atoms with Gasteiger partial charge in [0.15, 0.2) is 0 Å². The fourth-order valence-corrected chi connectivity index (χ4v) is 2.59. The minimum Gasteiger partial charge on any atom is -0.326 e. The molecule has 1 aromatic rings. The summed E-state index contributed by atoms with van der Waals surface area (Å²) in [5.74, 6) is 0.402. The van der Waals surface area contributed by atoms with E-state index >= 15 is 0 Å². The van der Waals surface area contributed by atoms with Crippen LogP contribution in [0.2, 0.25) is 0 Å². The van der Waals surface area contributed by atoms with Crippen molar-refractivity contribution in [1.82, 2.24) is 5.32 Å². The molecule has 3 heteroatoms. The van der Waals surface area contributed by atoms with E-state index in [4.69, 9.17) is 0 Å². The maximum absolute atomic E-state index is 12.2. The van der Waals surface area contributed by atoms with Crippen molar-refractivity contribution in [2.45, 2.75) is 38.6 Å². The van der Waals surface area contributed by atoms with Crippen molar-refractivity contribution in [1.29, 1.82) is 0 Å². The molecule has 1 amide bonds. The molecule has 0 aliphatic heterocycles. The fraction of sp³-hybridized carbons (Fsp3) is 0.533. The number of benzene rings is 1. The summed E-state index contributed by atoms with van der Waals surface area (Å²) >= 11 is 0. The molecule has 1 aliphatic rings. The van der Waals surface area contributed by atoms with Crippen molar-refractivity contribution in [2.75, 3.05) is 12.4 Å². The molecule has 98 valence electrons. The Morgan fingerprint density at radius 2 is 1.94 bits per heavy atom. The average Bonchev–Trinajstić information content (AvgIpc) is 2.42. The summed E-state index contributed by atoms with van der Waals surface area (Å²) in [4.78, 5) is 12.2. The Morgan fingerprint density at radius 3 is 2.67 bits per heavy atom. The highest BCUT2D eigenvalue weighted by molar-refractivity contribution is 5.93. The van der Waals surface area contributed by atoms with Crippen molar-refractivity contribution in [3.63, 3.8) is 0 Å². The number of anilines is 1. The van der Waals surface area contributed by atoms with Gasteiger partial charge in [0.2, 0.25) is 5.91 Å². The summed E-state index contributed by atoms with van der Waals surface area (Å²) in [5, 5.41) is 6.21. The normalized spacial score (nSPS) is 16.5. The largest absolute Gasteiger partial charge is 0.326 e. The Morgan fingerprint density at radius 1 is 1.22 bits per heavy atom. The van der Waals surface area contributed by atoms with Crippen molar-refractivity contribution in [3.8, 4) is 0 Å². The van der Waals surface area contributed by atoms with Gasteiger partial charge in [-0.05, 0) is 31.5 Å². The smallest absolute Gasteiger partial charge is 0.227 e. The maximum Gasteiger partial charge on any atom is 0.227 e. The maximum atomic E-state index is 12.2. The molecule has 1 fully saturated rings. The van der Waals surface area contributed by atoms with Crippen LogP contribution in [0.1, 0.15) is 37.7 Å². The summed E-state index contributed by atoms with van der Waals surface area (Å²) in [7, 11) is 1.92. The van der Waals surface area contributed by atoms with E-state index in [1.807, 2.05) is 31.3 Å². The molecule has 0 aromatic heterocycles. The number of hydrogen-bond donors (Lipinski definition) is 2. The van der Waals surface area contributed by atoms with Crippen LogP contribution in [-0.4, -0.2) is 13.0 Å². The van der Waals surface area contributed by atoms with Gasteiger partial charge in [0.25, 0.3) is 0 Å². The van der Waals surface area contributed by atoms with Crippen molar-refractivity contribution in [2.24, 2.45) is 5.92 Å². The SMILES string of the molecule is CNCc1ccccc1NC(=O)C1CCCCC1. The van der Waals surface area contributed by atoms with Crippen LogP contribution in [0, 0.1) is 5.92 Å². The standard InChI is InChI=1S/C15H22N2O/c1-16-11-13-9-5-6-10-14(13)17-15(18)12-7-3-2-4-8-12/h5-6,9-10,12,16H,2-4,7-8,11H2,1H3,(H,17,18). The highest BCUT2D eigenvalue weighted by Gasteiger charge is 2.21. The van der Waals surface area contributed by atoms with Crippen molar-refractivity contribution in [3.05, 3.63) is 29.8 Å². The van der Waals surface area contributed by atoms with Gasteiger partial charge in [0.05, 0.1) is 0 Å². The lowest BCUT2D eigenvalue weighted by molar-refractivity contribution is -0.120. The van der Waals surface area contributed by atoms with Gasteiger partial charge in [-0.2, -0.15) is 0 Å². The van der Waals surface area contributed by atoms with Gasteiger partial charge in [-0.3, -0.25) is 4.79 Å². The first-order chi connectivity index (χ1) is 8.81. The summed E-state index contributed by atoms with van der Waals surface area (Å²) in [5.41, 5.74) is 2.09. The topological polar surface area (TPSA) is 41.1 Å². The molecule has 0 unspecified atom stereocenters. The van der Waals surface area contributed by atoms with Gasteiger partial charge in [0, 0.05) is 18.2 Å². The molecule has 1 aromatic carbocycles. The minimum atomic E-state index is 0.193. The van der Waals surface area contributed by atoms with Gasteiger partial charge in [0.1, 0.15) is 0 Å². The zero-order valence-electron chi connectivity index (χ0n) is 11.0. The molecule has 0 bridgehead atoms. The van der Waals surface area contributed by atoms with E-state index < -0.39 is 0 Å². The van der Waals surface area contributed by atoms with Gasteiger partial charge >= 0.3 is 0 Å². The van der Waals surface area contributed by atoms with Crippen LogP contribution in [-0.2, 0) is 11.3 Å². The van der Waals surface area contributed by atoms with Crippen LogP contribution >= 0.6 is 0 Å². The van der Waals surface area contributed by atoms with Crippen LogP contribution in [0.4, 0.5) is 5.69 Å². The van der Waals surface area contributed by atoms with E-state index in [-0.39, 0.29) is 11.8 Å². The predicted octanol–water partition coefficient (Wildman–Crippen LogP) is 2.92.